The summed E-state index contributed by atoms with van der Waals surface area (Å²) in [5, 5.41) is 6.94. The van der Waals surface area contributed by atoms with Crippen LogP contribution in [0.3, 0.4) is 0 Å². The van der Waals surface area contributed by atoms with Gasteiger partial charge in [0.05, 0.1) is 5.52 Å². The number of fused-ring (bicyclic) bond motifs is 1. The second kappa shape index (κ2) is 5.73. The van der Waals surface area contributed by atoms with Gasteiger partial charge in [-0.15, -0.1) is 11.3 Å². The molecule has 102 valence electrons. The van der Waals surface area contributed by atoms with Crippen LogP contribution < -0.4 is 5.32 Å². The van der Waals surface area contributed by atoms with Gasteiger partial charge in [-0.1, -0.05) is 18.2 Å². The van der Waals surface area contributed by atoms with E-state index in [4.69, 9.17) is 0 Å². The zero-order valence-corrected chi connectivity index (χ0v) is 12.6. The SMILES string of the molecule is Cc1cc(CNCc2sccc2C)c2ccccc2n1. The molecular formula is C17H18N2S. The highest BCUT2D eigenvalue weighted by molar-refractivity contribution is 7.10. The molecule has 0 aliphatic heterocycles. The second-order valence-corrected chi connectivity index (χ2v) is 6.07. The monoisotopic (exact) mass is 282 g/mol. The van der Waals surface area contributed by atoms with Gasteiger partial charge in [0.1, 0.15) is 0 Å². The van der Waals surface area contributed by atoms with Crippen molar-refractivity contribution in [1.82, 2.24) is 10.3 Å². The molecule has 0 saturated heterocycles. The molecule has 0 fully saturated rings. The average molecular weight is 282 g/mol. The average Bonchev–Trinajstić information content (AvgIpc) is 2.84. The van der Waals surface area contributed by atoms with Crippen molar-refractivity contribution < 1.29 is 0 Å². The Hall–Kier alpha value is -1.71. The number of thiophene rings is 1. The Morgan fingerprint density at radius 3 is 2.75 bits per heavy atom. The first-order valence-corrected chi connectivity index (χ1v) is 7.71. The Balaban J connectivity index is 1.79. The quantitative estimate of drug-likeness (QED) is 0.775. The van der Waals surface area contributed by atoms with Crippen molar-refractivity contribution in [2.45, 2.75) is 26.9 Å². The van der Waals surface area contributed by atoms with Crippen molar-refractivity contribution in [2.75, 3.05) is 0 Å². The lowest BCUT2D eigenvalue weighted by atomic mass is 10.1. The summed E-state index contributed by atoms with van der Waals surface area (Å²) in [7, 11) is 0. The van der Waals surface area contributed by atoms with Crippen LogP contribution in [0, 0.1) is 13.8 Å². The van der Waals surface area contributed by atoms with E-state index in [1.54, 1.807) is 0 Å². The van der Waals surface area contributed by atoms with Crippen molar-refractivity contribution >= 4 is 22.2 Å². The number of pyridine rings is 1. The maximum Gasteiger partial charge on any atom is 0.0708 e. The molecular weight excluding hydrogens is 264 g/mol. The highest BCUT2D eigenvalue weighted by Crippen LogP contribution is 2.19. The summed E-state index contributed by atoms with van der Waals surface area (Å²) in [6.07, 6.45) is 0. The van der Waals surface area contributed by atoms with Gasteiger partial charge < -0.3 is 5.32 Å². The third-order valence-electron chi connectivity index (χ3n) is 3.50. The summed E-state index contributed by atoms with van der Waals surface area (Å²) in [6.45, 7) is 6.03. The van der Waals surface area contributed by atoms with E-state index >= 15 is 0 Å². The molecule has 20 heavy (non-hydrogen) atoms. The molecule has 1 aromatic carbocycles. The number of aromatic nitrogens is 1. The van der Waals surface area contributed by atoms with Crippen molar-refractivity contribution in [2.24, 2.45) is 0 Å². The van der Waals surface area contributed by atoms with Crippen molar-refractivity contribution in [3.05, 3.63) is 63.5 Å². The number of hydrogen-bond acceptors (Lipinski definition) is 3. The molecule has 0 unspecified atom stereocenters. The van der Waals surface area contributed by atoms with Gasteiger partial charge in [0, 0.05) is 29.0 Å². The number of aryl methyl sites for hydroxylation is 2. The summed E-state index contributed by atoms with van der Waals surface area (Å²) >= 11 is 1.82. The van der Waals surface area contributed by atoms with Crippen LogP contribution in [0.5, 0.6) is 0 Å². The number of nitrogens with one attached hydrogen (secondary N) is 1. The number of nitrogens with zero attached hydrogens (tertiary/aromatic N) is 1. The molecule has 0 amide bonds. The van der Waals surface area contributed by atoms with Crippen LogP contribution in [0.1, 0.15) is 21.7 Å². The molecule has 0 bridgehead atoms. The third-order valence-corrected chi connectivity index (χ3v) is 4.52. The van der Waals surface area contributed by atoms with E-state index in [9.17, 15) is 0 Å². The van der Waals surface area contributed by atoms with E-state index in [1.807, 2.05) is 17.4 Å². The standard InChI is InChI=1S/C17H18N2S/c1-12-7-8-20-17(12)11-18-10-14-9-13(2)19-16-6-4-3-5-15(14)16/h3-9,18H,10-11H2,1-2H3. The van der Waals surface area contributed by atoms with Gasteiger partial charge in [0.2, 0.25) is 0 Å². The minimum atomic E-state index is 0.876. The molecule has 2 heterocycles. The molecule has 0 atom stereocenters. The smallest absolute Gasteiger partial charge is 0.0708 e. The molecule has 3 heteroatoms. The molecule has 2 aromatic heterocycles. The molecule has 3 aromatic rings. The lowest BCUT2D eigenvalue weighted by Crippen LogP contribution is -2.13. The molecule has 0 spiro atoms. The third kappa shape index (κ3) is 2.74. The zero-order valence-electron chi connectivity index (χ0n) is 11.8. The largest absolute Gasteiger partial charge is 0.308 e. The Bertz CT molecular complexity index is 731. The minimum Gasteiger partial charge on any atom is -0.308 e. The highest BCUT2D eigenvalue weighted by Gasteiger charge is 2.04. The number of rotatable bonds is 4. The Morgan fingerprint density at radius 2 is 1.95 bits per heavy atom. The Morgan fingerprint density at radius 1 is 1.10 bits per heavy atom. The zero-order chi connectivity index (χ0) is 13.9. The normalized spacial score (nSPS) is 11.1. The predicted molar refractivity (Wildman–Crippen MR) is 86.1 cm³/mol. The van der Waals surface area contributed by atoms with Crippen molar-refractivity contribution in [3.63, 3.8) is 0 Å². The van der Waals surface area contributed by atoms with Gasteiger partial charge in [-0.25, -0.2) is 0 Å². The molecule has 3 rings (SSSR count). The Labute approximate surface area is 123 Å². The molecule has 0 aliphatic rings. The first-order chi connectivity index (χ1) is 9.74. The molecule has 1 N–H and O–H groups in total. The van der Waals surface area contributed by atoms with E-state index in [-0.39, 0.29) is 0 Å². The predicted octanol–water partition coefficient (Wildman–Crippen LogP) is 4.20. The van der Waals surface area contributed by atoms with Gasteiger partial charge in [-0.05, 0) is 48.6 Å². The first kappa shape index (κ1) is 13.3. The van der Waals surface area contributed by atoms with E-state index in [0.29, 0.717) is 0 Å². The molecule has 0 saturated carbocycles. The topological polar surface area (TPSA) is 24.9 Å². The minimum absolute atomic E-state index is 0.876. The fourth-order valence-corrected chi connectivity index (χ4v) is 3.31. The maximum atomic E-state index is 4.58. The fraction of sp³-hybridized carbons (Fsp3) is 0.235. The number of para-hydroxylation sites is 1. The second-order valence-electron chi connectivity index (χ2n) is 5.07. The van der Waals surface area contributed by atoms with E-state index < -0.39 is 0 Å². The summed E-state index contributed by atoms with van der Waals surface area (Å²) < 4.78 is 0. The van der Waals surface area contributed by atoms with Crippen LogP contribution in [-0.2, 0) is 13.1 Å². The van der Waals surface area contributed by atoms with Crippen LogP contribution >= 0.6 is 11.3 Å². The summed E-state index contributed by atoms with van der Waals surface area (Å²) in [5.41, 5.74) is 4.85. The van der Waals surface area contributed by atoms with E-state index in [1.165, 1.54) is 21.4 Å². The first-order valence-electron chi connectivity index (χ1n) is 6.83. The highest BCUT2D eigenvalue weighted by atomic mass is 32.1. The van der Waals surface area contributed by atoms with Gasteiger partial charge in [0.25, 0.3) is 0 Å². The van der Waals surface area contributed by atoms with Gasteiger partial charge in [-0.2, -0.15) is 0 Å². The lowest BCUT2D eigenvalue weighted by Gasteiger charge is -2.09. The molecule has 0 radical (unpaired) electrons. The van der Waals surface area contributed by atoms with E-state index in [0.717, 1.165) is 24.3 Å². The van der Waals surface area contributed by atoms with Crippen molar-refractivity contribution in [1.29, 1.82) is 0 Å². The van der Waals surface area contributed by atoms with Crippen LogP contribution in [0.15, 0.2) is 41.8 Å². The van der Waals surface area contributed by atoms with Gasteiger partial charge in [0.15, 0.2) is 0 Å². The van der Waals surface area contributed by atoms with Gasteiger partial charge in [-0.3, -0.25) is 4.98 Å². The number of hydrogen-bond donors (Lipinski definition) is 1. The van der Waals surface area contributed by atoms with Crippen LogP contribution in [0.2, 0.25) is 0 Å². The van der Waals surface area contributed by atoms with Crippen LogP contribution in [0.4, 0.5) is 0 Å². The van der Waals surface area contributed by atoms with Crippen molar-refractivity contribution in [3.8, 4) is 0 Å². The molecule has 0 aliphatic carbocycles. The molecule has 2 nitrogen and oxygen atoms in total. The van der Waals surface area contributed by atoms with E-state index in [2.05, 4.69) is 59.9 Å². The maximum absolute atomic E-state index is 4.58. The summed E-state index contributed by atoms with van der Waals surface area (Å²) in [4.78, 5) is 6.00. The van der Waals surface area contributed by atoms with Gasteiger partial charge >= 0.3 is 0 Å². The number of benzene rings is 1. The van der Waals surface area contributed by atoms with Crippen LogP contribution in [-0.4, -0.2) is 4.98 Å². The Kier molecular flexibility index (Phi) is 3.81. The fourth-order valence-electron chi connectivity index (χ4n) is 2.44. The summed E-state index contributed by atoms with van der Waals surface area (Å²) in [6, 6.07) is 12.7. The van der Waals surface area contributed by atoms with Crippen LogP contribution in [0.25, 0.3) is 10.9 Å². The summed E-state index contributed by atoms with van der Waals surface area (Å²) in [5.74, 6) is 0. The lowest BCUT2D eigenvalue weighted by molar-refractivity contribution is 0.701.